The fraction of sp³-hybridized carbons (Fsp3) is 0. The monoisotopic (exact) mass is 788 g/mol. The number of para-hydroxylation sites is 2. The van der Waals surface area contributed by atoms with E-state index in [0.717, 1.165) is 22.7 Å². The predicted octanol–water partition coefficient (Wildman–Crippen LogP) is 16.7. The van der Waals surface area contributed by atoms with Crippen molar-refractivity contribution >= 4 is 71.2 Å². The third kappa shape index (κ3) is 5.96. The largest absolute Gasteiger partial charge is 0.310 e. The summed E-state index contributed by atoms with van der Waals surface area (Å²) in [5.74, 6) is 0. The maximum atomic E-state index is 2.41. The Balaban J connectivity index is 1.05. The summed E-state index contributed by atoms with van der Waals surface area (Å²) in [6, 6.07) is 88.5. The van der Waals surface area contributed by atoms with Crippen LogP contribution in [0.5, 0.6) is 0 Å². The molecule has 1 heterocycles. The van der Waals surface area contributed by atoms with Crippen molar-refractivity contribution in [3.8, 4) is 39.1 Å². The smallest absolute Gasteiger partial charge is 0.0542 e. The van der Waals surface area contributed by atoms with Crippen LogP contribution in [0.4, 0.5) is 17.1 Å². The Morgan fingerprint density at radius 1 is 0.258 bits per heavy atom. The molecule has 12 aromatic rings. The van der Waals surface area contributed by atoms with Gasteiger partial charge in [0, 0.05) is 33.5 Å². The van der Waals surface area contributed by atoms with E-state index in [1.807, 2.05) is 0 Å². The maximum Gasteiger partial charge on any atom is 0.0542 e. The van der Waals surface area contributed by atoms with Crippen LogP contribution in [-0.2, 0) is 0 Å². The molecule has 2 nitrogen and oxygen atoms in total. The van der Waals surface area contributed by atoms with E-state index >= 15 is 0 Å². The number of benzene rings is 11. The van der Waals surface area contributed by atoms with Crippen molar-refractivity contribution in [3.05, 3.63) is 243 Å². The molecule has 0 N–H and O–H groups in total. The van der Waals surface area contributed by atoms with E-state index in [-0.39, 0.29) is 0 Å². The molecule has 62 heavy (non-hydrogen) atoms. The molecule has 0 aliphatic carbocycles. The van der Waals surface area contributed by atoms with Crippen LogP contribution >= 0.6 is 0 Å². The summed E-state index contributed by atoms with van der Waals surface area (Å²) >= 11 is 0. The Hall–Kier alpha value is -8.20. The van der Waals surface area contributed by atoms with E-state index in [1.165, 1.54) is 87.5 Å². The number of nitrogens with zero attached hydrogens (tertiary/aromatic N) is 2. The van der Waals surface area contributed by atoms with E-state index in [4.69, 9.17) is 0 Å². The van der Waals surface area contributed by atoms with Gasteiger partial charge in [0.25, 0.3) is 0 Å². The average molecular weight is 789 g/mol. The quantitative estimate of drug-likeness (QED) is 0.146. The zero-order valence-electron chi connectivity index (χ0n) is 34.0. The lowest BCUT2D eigenvalue weighted by molar-refractivity contribution is 1.18. The lowest BCUT2D eigenvalue weighted by Crippen LogP contribution is -2.10. The summed E-state index contributed by atoms with van der Waals surface area (Å²) in [4.78, 5) is 2.41. The van der Waals surface area contributed by atoms with E-state index in [1.54, 1.807) is 0 Å². The van der Waals surface area contributed by atoms with Gasteiger partial charge < -0.3 is 9.47 Å². The van der Waals surface area contributed by atoms with E-state index < -0.39 is 0 Å². The van der Waals surface area contributed by atoms with Crippen LogP contribution in [0.3, 0.4) is 0 Å². The van der Waals surface area contributed by atoms with Crippen LogP contribution in [0.15, 0.2) is 243 Å². The van der Waals surface area contributed by atoms with Gasteiger partial charge in [-0.05, 0) is 132 Å². The van der Waals surface area contributed by atoms with Gasteiger partial charge in [-0.3, -0.25) is 0 Å². The molecular formula is C60H40N2. The fourth-order valence-corrected chi connectivity index (χ4v) is 9.73. The van der Waals surface area contributed by atoms with Crippen molar-refractivity contribution in [2.45, 2.75) is 0 Å². The lowest BCUT2D eigenvalue weighted by Gasteiger charge is -2.27. The summed E-state index contributed by atoms with van der Waals surface area (Å²) in [6.45, 7) is 0. The van der Waals surface area contributed by atoms with Crippen molar-refractivity contribution in [1.82, 2.24) is 4.57 Å². The molecule has 0 saturated carbocycles. The number of fused-ring (bicyclic) bond motifs is 6. The Bertz CT molecular complexity index is 3560. The molecule has 0 unspecified atom stereocenters. The predicted molar refractivity (Wildman–Crippen MR) is 264 cm³/mol. The molecule has 0 aliphatic rings. The molecule has 0 atom stereocenters. The highest BCUT2D eigenvalue weighted by molar-refractivity contribution is 6.21. The molecule has 0 radical (unpaired) electrons. The van der Waals surface area contributed by atoms with Crippen LogP contribution in [0.1, 0.15) is 0 Å². The van der Waals surface area contributed by atoms with Crippen molar-refractivity contribution in [2.24, 2.45) is 0 Å². The molecule has 0 fully saturated rings. The van der Waals surface area contributed by atoms with Crippen LogP contribution in [0.25, 0.3) is 93.2 Å². The first-order valence-electron chi connectivity index (χ1n) is 21.3. The second-order valence-corrected chi connectivity index (χ2v) is 16.1. The van der Waals surface area contributed by atoms with Crippen molar-refractivity contribution in [3.63, 3.8) is 0 Å². The third-order valence-corrected chi connectivity index (χ3v) is 12.5. The van der Waals surface area contributed by atoms with Crippen LogP contribution in [-0.4, -0.2) is 4.57 Å². The Morgan fingerprint density at radius 3 is 1.44 bits per heavy atom. The molecule has 2 heteroatoms. The molecule has 1 aromatic heterocycles. The second-order valence-electron chi connectivity index (χ2n) is 16.1. The van der Waals surface area contributed by atoms with Gasteiger partial charge in [-0.1, -0.05) is 176 Å². The summed E-state index contributed by atoms with van der Waals surface area (Å²) in [6.07, 6.45) is 0. The molecule has 0 bridgehead atoms. The molecule has 11 aromatic carbocycles. The van der Waals surface area contributed by atoms with Crippen molar-refractivity contribution in [2.75, 3.05) is 4.90 Å². The highest BCUT2D eigenvalue weighted by Crippen LogP contribution is 2.45. The SMILES string of the molecule is c1ccc(-c2c3ccccc3c(-c3ccc(N(c4cccc(-c5ccc6ccccc6c5)c4)c4ccc5c(c4)c4ccccc4n5-c4ccccc4)cc3)c3ccccc23)cc1. The molecule has 0 aliphatic heterocycles. The molecule has 0 spiro atoms. The van der Waals surface area contributed by atoms with Gasteiger partial charge in [0.15, 0.2) is 0 Å². The normalized spacial score (nSPS) is 11.5. The highest BCUT2D eigenvalue weighted by atomic mass is 15.1. The standard InChI is InChI=1S/C60H40N2/c1-3-17-42(18-4-1)59-52-25-9-11-27-54(52)60(55-28-12-10-26-53(55)59)43-32-34-48(35-33-43)61(49-23-15-20-45(39-49)46-31-30-41-16-7-8-19-44(41)38-46)50-36-37-58-56(40-50)51-24-13-14-29-57(51)62(58)47-21-5-2-6-22-47/h1-40H. The van der Waals surface area contributed by atoms with Crippen LogP contribution < -0.4 is 4.90 Å². The number of anilines is 3. The minimum absolute atomic E-state index is 1.09. The van der Waals surface area contributed by atoms with Crippen molar-refractivity contribution in [1.29, 1.82) is 0 Å². The first-order chi connectivity index (χ1) is 30.8. The van der Waals surface area contributed by atoms with Gasteiger partial charge in [-0.25, -0.2) is 0 Å². The third-order valence-electron chi connectivity index (χ3n) is 12.5. The topological polar surface area (TPSA) is 8.17 Å². The Morgan fingerprint density at radius 2 is 0.742 bits per heavy atom. The number of rotatable bonds is 7. The molecular weight excluding hydrogens is 749 g/mol. The van der Waals surface area contributed by atoms with Gasteiger partial charge in [-0.2, -0.15) is 0 Å². The van der Waals surface area contributed by atoms with Crippen molar-refractivity contribution < 1.29 is 0 Å². The minimum Gasteiger partial charge on any atom is -0.310 e. The summed E-state index contributed by atoms with van der Waals surface area (Å²) in [5, 5.41) is 9.93. The minimum atomic E-state index is 1.09. The number of aromatic nitrogens is 1. The lowest BCUT2D eigenvalue weighted by atomic mass is 9.86. The van der Waals surface area contributed by atoms with Gasteiger partial charge in [0.05, 0.1) is 11.0 Å². The fourth-order valence-electron chi connectivity index (χ4n) is 9.73. The number of hydrogen-bond acceptors (Lipinski definition) is 1. The van der Waals surface area contributed by atoms with E-state index in [0.29, 0.717) is 0 Å². The zero-order valence-corrected chi connectivity index (χ0v) is 34.0. The Labute approximate surface area is 360 Å². The molecule has 0 amide bonds. The Kier molecular flexibility index (Phi) is 8.53. The van der Waals surface area contributed by atoms with Gasteiger partial charge in [0.1, 0.15) is 0 Å². The summed E-state index contributed by atoms with van der Waals surface area (Å²) in [5.41, 5.74) is 14.1. The van der Waals surface area contributed by atoms with Gasteiger partial charge in [0.2, 0.25) is 0 Å². The van der Waals surface area contributed by atoms with Gasteiger partial charge in [-0.15, -0.1) is 0 Å². The maximum absolute atomic E-state index is 2.41. The van der Waals surface area contributed by atoms with E-state index in [2.05, 4.69) is 252 Å². The first kappa shape index (κ1) is 35.7. The van der Waals surface area contributed by atoms with Crippen LogP contribution in [0, 0.1) is 0 Å². The van der Waals surface area contributed by atoms with Crippen LogP contribution in [0.2, 0.25) is 0 Å². The molecule has 0 saturated heterocycles. The second kappa shape index (κ2) is 14.8. The highest BCUT2D eigenvalue weighted by Gasteiger charge is 2.20. The molecule has 290 valence electrons. The molecule has 12 rings (SSSR count). The van der Waals surface area contributed by atoms with E-state index in [9.17, 15) is 0 Å². The number of hydrogen-bond donors (Lipinski definition) is 0. The average Bonchev–Trinajstić information content (AvgIpc) is 3.68. The zero-order chi connectivity index (χ0) is 41.0. The van der Waals surface area contributed by atoms with Gasteiger partial charge >= 0.3 is 0 Å². The summed E-state index contributed by atoms with van der Waals surface area (Å²) < 4.78 is 2.38. The first-order valence-corrected chi connectivity index (χ1v) is 21.3. The summed E-state index contributed by atoms with van der Waals surface area (Å²) in [7, 11) is 0.